The van der Waals surface area contributed by atoms with Crippen LogP contribution in [0, 0.1) is 0 Å². The van der Waals surface area contributed by atoms with Crippen molar-refractivity contribution in [2.24, 2.45) is 10.2 Å². The van der Waals surface area contributed by atoms with E-state index in [1.165, 1.54) is 51.3 Å². The van der Waals surface area contributed by atoms with Gasteiger partial charge in [0.1, 0.15) is 12.2 Å². The Morgan fingerprint density at radius 1 is 1.15 bits per heavy atom. The molecule has 0 aromatic heterocycles. The van der Waals surface area contributed by atoms with Crippen molar-refractivity contribution in [3.63, 3.8) is 0 Å². The minimum atomic E-state index is -1.11. The third-order valence-electron chi connectivity index (χ3n) is 3.21. The van der Waals surface area contributed by atoms with Crippen molar-refractivity contribution in [3.8, 4) is 0 Å². The average molecular weight is 376 g/mol. The van der Waals surface area contributed by atoms with E-state index in [2.05, 4.69) is 15.0 Å². The number of hydrogen-bond acceptors (Lipinski definition) is 8. The molecule has 1 atom stereocenters. The van der Waals surface area contributed by atoms with Gasteiger partial charge in [0, 0.05) is 12.0 Å². The lowest BCUT2D eigenvalue weighted by Crippen LogP contribution is -2.17. The van der Waals surface area contributed by atoms with Gasteiger partial charge in [-0.15, -0.1) is 5.11 Å². The topological polar surface area (TPSA) is 132 Å². The van der Waals surface area contributed by atoms with Crippen LogP contribution in [0.4, 0.5) is 5.69 Å². The van der Waals surface area contributed by atoms with Gasteiger partial charge < -0.3 is 14.6 Å². The maximum atomic E-state index is 11.7. The monoisotopic (exact) mass is 376 g/mol. The second kappa shape index (κ2) is 10.6. The second-order valence-electron chi connectivity index (χ2n) is 5.51. The zero-order valence-corrected chi connectivity index (χ0v) is 15.2. The molecular weight excluding hydrogens is 356 g/mol. The molecule has 0 aliphatic heterocycles. The molecule has 0 heterocycles. The quantitative estimate of drug-likeness (QED) is 0.303. The van der Waals surface area contributed by atoms with E-state index in [-0.39, 0.29) is 17.8 Å². The van der Waals surface area contributed by atoms with Gasteiger partial charge in [-0.1, -0.05) is 6.08 Å². The van der Waals surface area contributed by atoms with Gasteiger partial charge in [0.2, 0.25) is 6.23 Å². The van der Waals surface area contributed by atoms with E-state index in [0.29, 0.717) is 11.3 Å². The Labute approximate surface area is 155 Å². The summed E-state index contributed by atoms with van der Waals surface area (Å²) in [5.41, 5.74) is 0.773. The van der Waals surface area contributed by atoms with E-state index in [0.717, 1.165) is 0 Å². The lowest BCUT2D eigenvalue weighted by molar-refractivity contribution is -0.150. The number of nitrogens with zero attached hydrogens (tertiary/aromatic N) is 2. The number of hydrogen-bond donors (Lipinski definition) is 1. The number of carbonyl (C=O) groups is 4. The summed E-state index contributed by atoms with van der Waals surface area (Å²) in [5.74, 6) is -2.76. The fraction of sp³-hybridized carbons (Fsp3) is 0.333. The standard InChI is InChI=1S/C18H20N2O7/c1-11(17(23)24)4-9-15(27-16(22)10-12(2)21)20-19-14-7-5-13(6-8-14)18(25)26-3/h4-8,15H,9-10H2,1-3H3,(H,23,24). The van der Waals surface area contributed by atoms with Crippen LogP contribution in [0.5, 0.6) is 0 Å². The van der Waals surface area contributed by atoms with Crippen molar-refractivity contribution in [1.29, 1.82) is 0 Å². The molecule has 1 aromatic carbocycles. The van der Waals surface area contributed by atoms with E-state index in [4.69, 9.17) is 9.84 Å². The van der Waals surface area contributed by atoms with E-state index in [1.807, 2.05) is 0 Å². The molecule has 9 heteroatoms. The first-order valence-corrected chi connectivity index (χ1v) is 7.91. The molecule has 27 heavy (non-hydrogen) atoms. The first-order chi connectivity index (χ1) is 12.7. The van der Waals surface area contributed by atoms with Crippen molar-refractivity contribution < 1.29 is 33.8 Å². The number of azo groups is 1. The highest BCUT2D eigenvalue weighted by Crippen LogP contribution is 2.16. The third-order valence-corrected chi connectivity index (χ3v) is 3.21. The molecular formula is C18H20N2O7. The minimum absolute atomic E-state index is 0.0223. The largest absolute Gasteiger partial charge is 0.478 e. The highest BCUT2D eigenvalue weighted by Gasteiger charge is 2.15. The highest BCUT2D eigenvalue weighted by atomic mass is 16.6. The molecule has 0 aliphatic rings. The first kappa shape index (κ1) is 21.7. The number of rotatable bonds is 9. The van der Waals surface area contributed by atoms with Crippen LogP contribution in [0.25, 0.3) is 0 Å². The number of ether oxygens (including phenoxy) is 2. The van der Waals surface area contributed by atoms with Crippen LogP contribution in [-0.4, -0.2) is 42.1 Å². The van der Waals surface area contributed by atoms with Crippen LogP contribution >= 0.6 is 0 Å². The molecule has 0 bridgehead atoms. The maximum absolute atomic E-state index is 11.7. The summed E-state index contributed by atoms with van der Waals surface area (Å²) in [7, 11) is 1.27. The Kier molecular flexibility index (Phi) is 8.50. The van der Waals surface area contributed by atoms with Crippen LogP contribution in [0.3, 0.4) is 0 Å². The fourth-order valence-corrected chi connectivity index (χ4v) is 1.79. The van der Waals surface area contributed by atoms with E-state index in [1.54, 1.807) is 0 Å². The summed E-state index contributed by atoms with van der Waals surface area (Å²) in [5, 5.41) is 16.7. The van der Waals surface area contributed by atoms with E-state index in [9.17, 15) is 19.2 Å². The molecule has 9 nitrogen and oxygen atoms in total. The van der Waals surface area contributed by atoms with E-state index < -0.39 is 30.6 Å². The second-order valence-corrected chi connectivity index (χ2v) is 5.51. The van der Waals surface area contributed by atoms with Gasteiger partial charge in [-0.25, -0.2) is 9.59 Å². The van der Waals surface area contributed by atoms with Crippen molar-refractivity contribution >= 4 is 29.4 Å². The smallest absolute Gasteiger partial charge is 0.337 e. The van der Waals surface area contributed by atoms with Gasteiger partial charge in [0.05, 0.1) is 18.4 Å². The van der Waals surface area contributed by atoms with Crippen molar-refractivity contribution in [1.82, 2.24) is 0 Å². The number of carboxylic acids is 1. The number of esters is 2. The number of carbonyl (C=O) groups excluding carboxylic acids is 3. The number of Topliss-reactive ketones (excluding diaryl/α,β-unsaturated/α-hetero) is 1. The molecule has 0 saturated heterocycles. The van der Waals surface area contributed by atoms with E-state index >= 15 is 0 Å². The summed E-state index contributed by atoms with van der Waals surface area (Å²) < 4.78 is 9.65. The van der Waals surface area contributed by atoms with Crippen molar-refractivity contribution in [2.45, 2.75) is 32.9 Å². The van der Waals surface area contributed by atoms with Crippen LogP contribution in [-0.2, 0) is 23.9 Å². The predicted octanol–water partition coefficient (Wildman–Crippen LogP) is 2.83. The lowest BCUT2D eigenvalue weighted by Gasteiger charge is -2.10. The number of ketones is 1. The summed E-state index contributed by atoms with van der Waals surface area (Å²) in [6.45, 7) is 2.63. The lowest BCUT2D eigenvalue weighted by atomic mass is 10.2. The SMILES string of the molecule is COC(=O)c1ccc(N=NC(CC=C(C)C(=O)O)OC(=O)CC(C)=O)cc1. The first-order valence-electron chi connectivity index (χ1n) is 7.91. The molecule has 144 valence electrons. The highest BCUT2D eigenvalue weighted by molar-refractivity contribution is 5.94. The fourth-order valence-electron chi connectivity index (χ4n) is 1.79. The molecule has 0 fully saturated rings. The van der Waals surface area contributed by atoms with Crippen molar-refractivity contribution in [2.75, 3.05) is 7.11 Å². The maximum Gasteiger partial charge on any atom is 0.337 e. The van der Waals surface area contributed by atoms with Crippen LogP contribution in [0.15, 0.2) is 46.1 Å². The Morgan fingerprint density at radius 3 is 2.30 bits per heavy atom. The number of aliphatic carboxylic acids is 1. The molecule has 0 saturated carbocycles. The molecule has 1 unspecified atom stereocenters. The van der Waals surface area contributed by atoms with Crippen molar-refractivity contribution in [3.05, 3.63) is 41.5 Å². The summed E-state index contributed by atoms with van der Waals surface area (Å²) >= 11 is 0. The van der Waals surface area contributed by atoms with Gasteiger partial charge in [0.25, 0.3) is 0 Å². The Morgan fingerprint density at radius 2 is 1.78 bits per heavy atom. The van der Waals surface area contributed by atoms with Gasteiger partial charge in [-0.3, -0.25) is 9.59 Å². The number of benzene rings is 1. The van der Waals surface area contributed by atoms with Crippen LogP contribution in [0.2, 0.25) is 0 Å². The molecule has 0 spiro atoms. The van der Waals surface area contributed by atoms with Gasteiger partial charge in [-0.05, 0) is 38.1 Å². The predicted molar refractivity (Wildman–Crippen MR) is 93.5 cm³/mol. The van der Waals surface area contributed by atoms with Crippen LogP contribution < -0.4 is 0 Å². The minimum Gasteiger partial charge on any atom is -0.478 e. The van der Waals surface area contributed by atoms with Gasteiger partial charge in [-0.2, -0.15) is 5.11 Å². The molecule has 0 radical (unpaired) electrons. The summed E-state index contributed by atoms with van der Waals surface area (Å²) in [6.07, 6.45) is -0.188. The molecule has 1 aromatic rings. The Bertz CT molecular complexity index is 766. The summed E-state index contributed by atoms with van der Waals surface area (Å²) in [6, 6.07) is 6.02. The summed E-state index contributed by atoms with van der Waals surface area (Å²) in [4.78, 5) is 44.9. The molecule has 1 rings (SSSR count). The average Bonchev–Trinajstić information content (AvgIpc) is 2.62. The zero-order chi connectivity index (χ0) is 20.4. The Hall–Kier alpha value is -3.36. The molecule has 0 amide bonds. The normalized spacial score (nSPS) is 12.5. The Balaban J connectivity index is 2.90. The third kappa shape index (κ3) is 8.04. The van der Waals surface area contributed by atoms with Gasteiger partial charge >= 0.3 is 17.9 Å². The molecule has 1 N–H and O–H groups in total. The zero-order valence-electron chi connectivity index (χ0n) is 15.2. The number of carboxylic acid groups (broad SMARTS) is 1. The van der Waals surface area contributed by atoms with Crippen LogP contribution in [0.1, 0.15) is 37.0 Å². The number of methoxy groups -OCH3 is 1. The molecule has 0 aliphatic carbocycles. The van der Waals surface area contributed by atoms with Gasteiger partial charge in [0.15, 0.2) is 0 Å².